The molecule has 86 valence electrons. The summed E-state index contributed by atoms with van der Waals surface area (Å²) >= 11 is 0. The van der Waals surface area contributed by atoms with Crippen LogP contribution < -0.4 is 0 Å². The van der Waals surface area contributed by atoms with Gasteiger partial charge in [0.1, 0.15) is 6.10 Å². The van der Waals surface area contributed by atoms with Crippen LogP contribution >= 0.6 is 0 Å². The summed E-state index contributed by atoms with van der Waals surface area (Å²) in [5, 5.41) is 30.7. The molecule has 0 bridgehead atoms. The van der Waals surface area contributed by atoms with Gasteiger partial charge in [-0.25, -0.2) is 4.89 Å². The largest absolute Gasteiger partial charge is 0.396 e. The van der Waals surface area contributed by atoms with Crippen molar-refractivity contribution < 1.29 is 30.1 Å². The van der Waals surface area contributed by atoms with Crippen molar-refractivity contribution in [1.29, 1.82) is 0 Å². The van der Waals surface area contributed by atoms with E-state index in [2.05, 4.69) is 14.8 Å². The van der Waals surface area contributed by atoms with Gasteiger partial charge < -0.3 is 15.3 Å². The first-order valence-electron chi connectivity index (χ1n) is 4.57. The Labute approximate surface area is 82.9 Å². The second-order valence-corrected chi connectivity index (χ2v) is 2.83. The third-order valence-corrected chi connectivity index (χ3v) is 1.67. The van der Waals surface area contributed by atoms with Crippen molar-refractivity contribution in [2.45, 2.75) is 19.4 Å². The van der Waals surface area contributed by atoms with Crippen LogP contribution in [0.5, 0.6) is 0 Å². The third-order valence-electron chi connectivity index (χ3n) is 1.67. The maximum atomic E-state index is 8.83. The normalized spacial score (nSPS) is 13.5. The van der Waals surface area contributed by atoms with Crippen LogP contribution in [0.25, 0.3) is 0 Å². The van der Waals surface area contributed by atoms with Gasteiger partial charge in [0, 0.05) is 5.92 Å². The Kier molecular flexibility index (Phi) is 9.16. The standard InChI is InChI=1S/C8H18O6/c1-2-3-12-14-13-8(6-11)7(4-9)5-10/h7-11H,2-6H2,1H3. The van der Waals surface area contributed by atoms with Crippen molar-refractivity contribution in [1.82, 2.24) is 0 Å². The van der Waals surface area contributed by atoms with E-state index in [0.29, 0.717) is 6.61 Å². The summed E-state index contributed by atoms with van der Waals surface area (Å²) in [4.78, 5) is 9.20. The van der Waals surface area contributed by atoms with Gasteiger partial charge in [0.2, 0.25) is 0 Å². The zero-order valence-corrected chi connectivity index (χ0v) is 8.26. The average Bonchev–Trinajstić information content (AvgIpc) is 2.23. The molecule has 0 saturated heterocycles. The van der Waals surface area contributed by atoms with Crippen LogP contribution in [0.1, 0.15) is 13.3 Å². The molecule has 0 aromatic rings. The highest BCUT2D eigenvalue weighted by molar-refractivity contribution is 4.66. The van der Waals surface area contributed by atoms with E-state index in [1.54, 1.807) is 0 Å². The van der Waals surface area contributed by atoms with E-state index in [9.17, 15) is 0 Å². The fourth-order valence-corrected chi connectivity index (χ4v) is 0.747. The van der Waals surface area contributed by atoms with E-state index in [4.69, 9.17) is 15.3 Å². The quantitative estimate of drug-likeness (QED) is 0.263. The molecule has 0 rings (SSSR count). The van der Waals surface area contributed by atoms with Crippen LogP contribution in [0.15, 0.2) is 0 Å². The highest BCUT2D eigenvalue weighted by Gasteiger charge is 2.21. The molecule has 0 aliphatic heterocycles. The lowest BCUT2D eigenvalue weighted by Gasteiger charge is -2.19. The van der Waals surface area contributed by atoms with Gasteiger partial charge in [0.05, 0.1) is 26.4 Å². The highest BCUT2D eigenvalue weighted by atomic mass is 17.5. The van der Waals surface area contributed by atoms with Gasteiger partial charge in [-0.2, -0.15) is 4.89 Å². The topological polar surface area (TPSA) is 88.4 Å². The minimum absolute atomic E-state index is 0.293. The molecule has 0 spiro atoms. The van der Waals surface area contributed by atoms with E-state index >= 15 is 0 Å². The second-order valence-electron chi connectivity index (χ2n) is 2.83. The van der Waals surface area contributed by atoms with Gasteiger partial charge in [-0.15, -0.1) is 0 Å². The van der Waals surface area contributed by atoms with Gasteiger partial charge in [-0.05, 0) is 6.42 Å². The monoisotopic (exact) mass is 210 g/mol. The molecule has 6 nitrogen and oxygen atoms in total. The first kappa shape index (κ1) is 13.8. The van der Waals surface area contributed by atoms with Crippen LogP contribution in [0.2, 0.25) is 0 Å². The minimum Gasteiger partial charge on any atom is -0.396 e. The van der Waals surface area contributed by atoms with Crippen LogP contribution in [0.4, 0.5) is 0 Å². The molecular weight excluding hydrogens is 192 g/mol. The fourth-order valence-electron chi connectivity index (χ4n) is 0.747. The molecule has 0 fully saturated rings. The first-order valence-corrected chi connectivity index (χ1v) is 4.57. The zero-order valence-electron chi connectivity index (χ0n) is 8.26. The van der Waals surface area contributed by atoms with Gasteiger partial charge in [-0.1, -0.05) is 12.0 Å². The predicted molar refractivity (Wildman–Crippen MR) is 46.9 cm³/mol. The molecule has 0 radical (unpaired) electrons. The van der Waals surface area contributed by atoms with Crippen LogP contribution in [-0.2, 0) is 14.8 Å². The summed E-state index contributed by atoms with van der Waals surface area (Å²) < 4.78 is 0. The summed E-state index contributed by atoms with van der Waals surface area (Å²) in [6.07, 6.45) is -0.0156. The Hall–Kier alpha value is -0.240. The smallest absolute Gasteiger partial charge is 0.126 e. The summed E-state index contributed by atoms with van der Waals surface area (Å²) in [6, 6.07) is 0. The number of aliphatic hydroxyl groups excluding tert-OH is 3. The van der Waals surface area contributed by atoms with Crippen LogP contribution in [-0.4, -0.2) is 47.9 Å². The highest BCUT2D eigenvalue weighted by Crippen LogP contribution is 2.07. The van der Waals surface area contributed by atoms with Gasteiger partial charge in [-0.3, -0.25) is 0 Å². The molecule has 1 unspecified atom stereocenters. The molecule has 0 saturated carbocycles. The van der Waals surface area contributed by atoms with Crippen molar-refractivity contribution in [3.8, 4) is 0 Å². The second kappa shape index (κ2) is 9.32. The Morgan fingerprint density at radius 3 is 2.14 bits per heavy atom. The number of rotatable bonds is 9. The molecule has 6 heteroatoms. The number of hydrogen-bond donors (Lipinski definition) is 3. The van der Waals surface area contributed by atoms with E-state index in [0.717, 1.165) is 6.42 Å². The van der Waals surface area contributed by atoms with E-state index in [1.807, 2.05) is 6.92 Å². The number of hydrogen-bond acceptors (Lipinski definition) is 6. The van der Waals surface area contributed by atoms with Crippen molar-refractivity contribution in [3.63, 3.8) is 0 Å². The molecule has 0 amide bonds. The molecule has 14 heavy (non-hydrogen) atoms. The molecule has 0 aromatic heterocycles. The Bertz CT molecular complexity index is 116. The Morgan fingerprint density at radius 2 is 1.71 bits per heavy atom. The minimum atomic E-state index is -0.790. The summed E-state index contributed by atoms with van der Waals surface area (Å²) in [6.45, 7) is 1.33. The number of aliphatic hydroxyl groups is 3. The van der Waals surface area contributed by atoms with Crippen molar-refractivity contribution in [2.75, 3.05) is 26.4 Å². The van der Waals surface area contributed by atoms with E-state index < -0.39 is 12.0 Å². The van der Waals surface area contributed by atoms with Gasteiger partial charge in [0.15, 0.2) is 0 Å². The van der Waals surface area contributed by atoms with Gasteiger partial charge in [0.25, 0.3) is 0 Å². The predicted octanol–water partition coefficient (Wildman–Crippen LogP) is -0.762. The Morgan fingerprint density at radius 1 is 1.07 bits per heavy atom. The van der Waals surface area contributed by atoms with Gasteiger partial charge >= 0.3 is 0 Å². The first-order chi connectivity index (χ1) is 6.79. The lowest BCUT2D eigenvalue weighted by molar-refractivity contribution is -0.531. The molecule has 0 heterocycles. The molecule has 0 aliphatic rings. The Balaban J connectivity index is 3.65. The summed E-state index contributed by atoms with van der Waals surface area (Å²) in [7, 11) is 0. The maximum absolute atomic E-state index is 8.83. The molecular formula is C8H18O6. The fraction of sp³-hybridized carbons (Fsp3) is 1.00. The molecule has 0 aliphatic carbocycles. The summed E-state index contributed by atoms with van der Waals surface area (Å²) in [5.74, 6) is -0.578. The van der Waals surface area contributed by atoms with Crippen molar-refractivity contribution >= 4 is 0 Å². The van der Waals surface area contributed by atoms with Crippen LogP contribution in [0, 0.1) is 5.92 Å². The molecule has 0 aromatic carbocycles. The molecule has 1 atom stereocenters. The summed E-state index contributed by atoms with van der Waals surface area (Å²) in [5.41, 5.74) is 0. The van der Waals surface area contributed by atoms with Crippen LogP contribution in [0.3, 0.4) is 0 Å². The van der Waals surface area contributed by atoms with Crippen molar-refractivity contribution in [2.24, 2.45) is 5.92 Å². The maximum Gasteiger partial charge on any atom is 0.126 e. The lowest BCUT2D eigenvalue weighted by Crippen LogP contribution is -2.33. The van der Waals surface area contributed by atoms with Crippen molar-refractivity contribution in [3.05, 3.63) is 0 Å². The third kappa shape index (κ3) is 5.48. The van der Waals surface area contributed by atoms with E-state index in [1.165, 1.54) is 0 Å². The zero-order chi connectivity index (χ0) is 10.8. The lowest BCUT2D eigenvalue weighted by atomic mass is 10.1. The van der Waals surface area contributed by atoms with E-state index in [-0.39, 0.29) is 19.8 Å². The molecule has 3 N–H and O–H groups in total. The SMILES string of the molecule is CCCOOOC(CO)C(CO)CO. The average molecular weight is 210 g/mol.